The molecule has 70 valence electrons. The van der Waals surface area contributed by atoms with Crippen LogP contribution in [0.2, 0.25) is 0 Å². The first-order valence-corrected chi connectivity index (χ1v) is 5.15. The molecule has 0 amide bonds. The van der Waals surface area contributed by atoms with Crippen molar-refractivity contribution in [1.82, 2.24) is 0 Å². The Labute approximate surface area is 86.2 Å². The smallest absolute Gasteiger partial charge is 0.119 e. The molecular weight excluding hydrogens is 230 g/mol. The van der Waals surface area contributed by atoms with Crippen molar-refractivity contribution < 1.29 is 4.74 Å². The number of hydrogen-bond acceptors (Lipinski definition) is 2. The standard InChI is InChI=1S/C10H12BrNO/c11-8-1-3-9(4-2-8)13-7-10(12)5-6-10/h1-4H,5-7,12H2. The van der Waals surface area contributed by atoms with E-state index < -0.39 is 0 Å². The summed E-state index contributed by atoms with van der Waals surface area (Å²) in [5.41, 5.74) is 5.86. The Hall–Kier alpha value is -0.540. The van der Waals surface area contributed by atoms with Gasteiger partial charge in [-0.2, -0.15) is 0 Å². The summed E-state index contributed by atoms with van der Waals surface area (Å²) in [6, 6.07) is 7.81. The summed E-state index contributed by atoms with van der Waals surface area (Å²) in [5.74, 6) is 0.889. The molecule has 0 unspecified atom stereocenters. The zero-order chi connectivity index (χ0) is 9.31. The van der Waals surface area contributed by atoms with Crippen LogP contribution in [0.25, 0.3) is 0 Å². The molecule has 0 heterocycles. The van der Waals surface area contributed by atoms with Crippen molar-refractivity contribution in [3.05, 3.63) is 28.7 Å². The summed E-state index contributed by atoms with van der Waals surface area (Å²) in [7, 11) is 0. The first-order chi connectivity index (χ1) is 6.18. The topological polar surface area (TPSA) is 35.2 Å². The van der Waals surface area contributed by atoms with Gasteiger partial charge in [-0.25, -0.2) is 0 Å². The molecule has 1 saturated carbocycles. The minimum atomic E-state index is -0.0346. The zero-order valence-electron chi connectivity index (χ0n) is 7.29. The summed E-state index contributed by atoms with van der Waals surface area (Å²) in [6.07, 6.45) is 2.17. The van der Waals surface area contributed by atoms with Crippen LogP contribution in [0.5, 0.6) is 5.75 Å². The average molecular weight is 242 g/mol. The first-order valence-electron chi connectivity index (χ1n) is 4.35. The number of nitrogens with two attached hydrogens (primary N) is 1. The van der Waals surface area contributed by atoms with Crippen molar-refractivity contribution in [2.45, 2.75) is 18.4 Å². The lowest BCUT2D eigenvalue weighted by atomic mass is 10.3. The number of rotatable bonds is 3. The summed E-state index contributed by atoms with van der Waals surface area (Å²) in [5, 5.41) is 0. The lowest BCUT2D eigenvalue weighted by Crippen LogP contribution is -2.29. The van der Waals surface area contributed by atoms with E-state index in [4.69, 9.17) is 10.5 Å². The molecule has 2 nitrogen and oxygen atoms in total. The Morgan fingerprint density at radius 3 is 2.46 bits per heavy atom. The third kappa shape index (κ3) is 2.45. The minimum Gasteiger partial charge on any atom is -0.492 e. The van der Waals surface area contributed by atoms with Crippen LogP contribution in [0.1, 0.15) is 12.8 Å². The van der Waals surface area contributed by atoms with E-state index in [2.05, 4.69) is 15.9 Å². The normalized spacial score (nSPS) is 18.3. The van der Waals surface area contributed by atoms with Crippen LogP contribution in [0.4, 0.5) is 0 Å². The predicted molar refractivity (Wildman–Crippen MR) is 55.8 cm³/mol. The van der Waals surface area contributed by atoms with Gasteiger partial charge >= 0.3 is 0 Å². The molecule has 0 bridgehead atoms. The van der Waals surface area contributed by atoms with Crippen molar-refractivity contribution >= 4 is 15.9 Å². The van der Waals surface area contributed by atoms with Crippen LogP contribution >= 0.6 is 15.9 Å². The lowest BCUT2D eigenvalue weighted by molar-refractivity contribution is 0.279. The third-order valence-corrected chi connectivity index (χ3v) is 2.76. The first kappa shape index (κ1) is 9.03. The van der Waals surface area contributed by atoms with Gasteiger partial charge in [0.1, 0.15) is 12.4 Å². The highest BCUT2D eigenvalue weighted by Gasteiger charge is 2.39. The molecular formula is C10H12BrNO. The fourth-order valence-corrected chi connectivity index (χ4v) is 1.33. The van der Waals surface area contributed by atoms with Gasteiger partial charge < -0.3 is 10.5 Å². The average Bonchev–Trinajstić information content (AvgIpc) is 2.84. The molecule has 0 atom stereocenters. The lowest BCUT2D eigenvalue weighted by Gasteiger charge is -2.10. The summed E-state index contributed by atoms with van der Waals surface area (Å²) < 4.78 is 6.61. The van der Waals surface area contributed by atoms with E-state index in [0.29, 0.717) is 6.61 Å². The fraction of sp³-hybridized carbons (Fsp3) is 0.400. The Kier molecular flexibility index (Phi) is 2.30. The number of hydrogen-bond donors (Lipinski definition) is 1. The molecule has 0 spiro atoms. The molecule has 1 aliphatic rings. The molecule has 2 rings (SSSR count). The molecule has 0 saturated heterocycles. The molecule has 13 heavy (non-hydrogen) atoms. The summed E-state index contributed by atoms with van der Waals surface area (Å²) in [6.45, 7) is 0.634. The van der Waals surface area contributed by atoms with Gasteiger partial charge in [0, 0.05) is 4.47 Å². The maximum absolute atomic E-state index is 5.89. The number of halogens is 1. The fourth-order valence-electron chi connectivity index (χ4n) is 1.06. The molecule has 3 heteroatoms. The van der Waals surface area contributed by atoms with Crippen LogP contribution < -0.4 is 10.5 Å². The van der Waals surface area contributed by atoms with Crippen molar-refractivity contribution in [1.29, 1.82) is 0 Å². The highest BCUT2D eigenvalue weighted by molar-refractivity contribution is 9.10. The molecule has 0 radical (unpaired) electrons. The van der Waals surface area contributed by atoms with Crippen molar-refractivity contribution in [2.24, 2.45) is 5.73 Å². The molecule has 1 fully saturated rings. The molecule has 2 N–H and O–H groups in total. The van der Waals surface area contributed by atoms with E-state index in [1.807, 2.05) is 24.3 Å². The number of ether oxygens (including phenoxy) is 1. The molecule has 0 aliphatic heterocycles. The second-order valence-electron chi connectivity index (χ2n) is 3.60. The Morgan fingerprint density at radius 1 is 1.31 bits per heavy atom. The third-order valence-electron chi connectivity index (χ3n) is 2.23. The van der Waals surface area contributed by atoms with Gasteiger partial charge in [-0.05, 0) is 37.1 Å². The van der Waals surface area contributed by atoms with E-state index >= 15 is 0 Å². The quantitative estimate of drug-likeness (QED) is 0.882. The molecule has 1 aromatic carbocycles. The van der Waals surface area contributed by atoms with Crippen LogP contribution in [-0.2, 0) is 0 Å². The van der Waals surface area contributed by atoms with Gasteiger partial charge in [-0.15, -0.1) is 0 Å². The van der Waals surface area contributed by atoms with Crippen LogP contribution in [0, 0.1) is 0 Å². The van der Waals surface area contributed by atoms with E-state index in [0.717, 1.165) is 23.1 Å². The monoisotopic (exact) mass is 241 g/mol. The largest absolute Gasteiger partial charge is 0.492 e. The van der Waals surface area contributed by atoms with Crippen LogP contribution in [0.15, 0.2) is 28.7 Å². The summed E-state index contributed by atoms with van der Waals surface area (Å²) >= 11 is 3.37. The van der Waals surface area contributed by atoms with Crippen LogP contribution in [-0.4, -0.2) is 12.1 Å². The van der Waals surface area contributed by atoms with Gasteiger partial charge in [0.15, 0.2) is 0 Å². The van der Waals surface area contributed by atoms with Gasteiger partial charge in [0.25, 0.3) is 0 Å². The van der Waals surface area contributed by atoms with E-state index in [-0.39, 0.29) is 5.54 Å². The second kappa shape index (κ2) is 3.31. The van der Waals surface area contributed by atoms with E-state index in [9.17, 15) is 0 Å². The molecule has 1 aliphatic carbocycles. The van der Waals surface area contributed by atoms with Crippen molar-refractivity contribution in [3.8, 4) is 5.75 Å². The maximum Gasteiger partial charge on any atom is 0.119 e. The van der Waals surface area contributed by atoms with Crippen molar-refractivity contribution in [3.63, 3.8) is 0 Å². The van der Waals surface area contributed by atoms with Gasteiger partial charge in [0.05, 0.1) is 5.54 Å². The SMILES string of the molecule is NC1(COc2ccc(Br)cc2)CC1. The predicted octanol–water partition coefficient (Wildman–Crippen LogP) is 2.32. The highest BCUT2D eigenvalue weighted by Crippen LogP contribution is 2.32. The zero-order valence-corrected chi connectivity index (χ0v) is 8.88. The number of benzene rings is 1. The highest BCUT2D eigenvalue weighted by atomic mass is 79.9. The van der Waals surface area contributed by atoms with Gasteiger partial charge in [-0.1, -0.05) is 15.9 Å². The van der Waals surface area contributed by atoms with Crippen LogP contribution in [0.3, 0.4) is 0 Å². The molecule has 0 aromatic heterocycles. The van der Waals surface area contributed by atoms with Gasteiger partial charge in [-0.3, -0.25) is 0 Å². The summed E-state index contributed by atoms with van der Waals surface area (Å²) in [4.78, 5) is 0. The Bertz CT molecular complexity index is 292. The van der Waals surface area contributed by atoms with Crippen molar-refractivity contribution in [2.75, 3.05) is 6.61 Å². The van der Waals surface area contributed by atoms with Gasteiger partial charge in [0.2, 0.25) is 0 Å². The second-order valence-corrected chi connectivity index (χ2v) is 4.52. The maximum atomic E-state index is 5.89. The minimum absolute atomic E-state index is 0.0346. The molecule has 1 aromatic rings. The van der Waals surface area contributed by atoms with E-state index in [1.165, 1.54) is 0 Å². The Balaban J connectivity index is 1.91. The van der Waals surface area contributed by atoms with E-state index in [1.54, 1.807) is 0 Å². The Morgan fingerprint density at radius 2 is 1.92 bits per heavy atom.